The lowest BCUT2D eigenvalue weighted by Crippen LogP contribution is -2.21. The van der Waals surface area contributed by atoms with Gasteiger partial charge in [-0.25, -0.2) is 18.2 Å². The molecule has 122 valence electrons. The van der Waals surface area contributed by atoms with Crippen molar-refractivity contribution in [1.29, 1.82) is 0 Å². The summed E-state index contributed by atoms with van der Waals surface area (Å²) in [5, 5.41) is 2.09. The summed E-state index contributed by atoms with van der Waals surface area (Å²) in [6.07, 6.45) is 0.532. The van der Waals surface area contributed by atoms with Crippen LogP contribution in [0.15, 0.2) is 52.4 Å². The summed E-state index contributed by atoms with van der Waals surface area (Å²) in [5.41, 5.74) is 1.11. The maximum absolute atomic E-state index is 13.6. The molecule has 2 aromatic carbocycles. The van der Waals surface area contributed by atoms with Crippen molar-refractivity contribution in [3.63, 3.8) is 0 Å². The number of carbonyl (C=O) groups is 1. The Kier molecular flexibility index (Phi) is 4.41. The molecular weight excluding hydrogens is 319 g/mol. The number of nitrogens with zero attached hydrogens (tertiary/aromatic N) is 2. The average molecular weight is 331 g/mol. The largest absolute Gasteiger partial charge is 0.317 e. The number of halogens is 3. The molecule has 0 aromatic heterocycles. The minimum absolute atomic E-state index is 0.148. The van der Waals surface area contributed by atoms with E-state index in [0.29, 0.717) is 24.3 Å². The number of aliphatic imine (C=N–C) groups is 2. The molecule has 0 unspecified atom stereocenters. The predicted octanol–water partition coefficient (Wildman–Crippen LogP) is 3.14. The van der Waals surface area contributed by atoms with Crippen molar-refractivity contribution in [3.05, 3.63) is 65.5 Å². The van der Waals surface area contributed by atoms with Crippen LogP contribution in [0.25, 0.3) is 0 Å². The normalized spacial score (nSPS) is 13.5. The molecular formula is C17H12F3N3O. The van der Waals surface area contributed by atoms with E-state index in [-0.39, 0.29) is 12.4 Å². The van der Waals surface area contributed by atoms with Crippen molar-refractivity contribution < 1.29 is 18.0 Å². The van der Waals surface area contributed by atoms with E-state index in [9.17, 15) is 18.0 Å². The van der Waals surface area contributed by atoms with E-state index in [4.69, 9.17) is 0 Å². The molecule has 2 aromatic rings. The second kappa shape index (κ2) is 6.66. The second-order valence-electron chi connectivity index (χ2n) is 5.18. The Morgan fingerprint density at radius 1 is 1.12 bits per heavy atom. The molecule has 1 aliphatic rings. The van der Waals surface area contributed by atoms with Crippen LogP contribution in [-0.4, -0.2) is 24.0 Å². The zero-order valence-electron chi connectivity index (χ0n) is 12.4. The smallest absolute Gasteiger partial charge is 0.293 e. The third-order valence-corrected chi connectivity index (χ3v) is 3.37. The van der Waals surface area contributed by atoms with Crippen molar-refractivity contribution in [2.24, 2.45) is 9.98 Å². The Morgan fingerprint density at radius 3 is 2.62 bits per heavy atom. The molecule has 0 saturated carbocycles. The van der Waals surface area contributed by atoms with Gasteiger partial charge in [-0.1, -0.05) is 30.3 Å². The van der Waals surface area contributed by atoms with Gasteiger partial charge >= 0.3 is 0 Å². The highest BCUT2D eigenvalue weighted by Crippen LogP contribution is 2.19. The van der Waals surface area contributed by atoms with Gasteiger partial charge in [0, 0.05) is 24.3 Å². The zero-order chi connectivity index (χ0) is 17.1. The summed E-state index contributed by atoms with van der Waals surface area (Å²) < 4.78 is 39.8. The fourth-order valence-electron chi connectivity index (χ4n) is 2.26. The third-order valence-electron chi connectivity index (χ3n) is 3.37. The monoisotopic (exact) mass is 331 g/mol. The van der Waals surface area contributed by atoms with Crippen LogP contribution in [-0.2, 0) is 11.2 Å². The number of benzene rings is 2. The Hall–Kier alpha value is -2.96. The molecule has 0 radical (unpaired) electrons. The first kappa shape index (κ1) is 15.9. The maximum atomic E-state index is 13.6. The van der Waals surface area contributed by atoms with Gasteiger partial charge in [0.2, 0.25) is 5.84 Å². The Labute approximate surface area is 135 Å². The molecule has 1 aliphatic heterocycles. The molecule has 0 spiro atoms. The van der Waals surface area contributed by atoms with Gasteiger partial charge in [-0.05, 0) is 5.56 Å². The fourth-order valence-corrected chi connectivity index (χ4v) is 2.26. The van der Waals surface area contributed by atoms with Crippen LogP contribution in [0.5, 0.6) is 0 Å². The number of anilines is 1. The number of nitrogens with one attached hydrogen (secondary N) is 1. The average Bonchev–Trinajstić information content (AvgIpc) is 3.01. The first-order valence-corrected chi connectivity index (χ1v) is 7.13. The van der Waals surface area contributed by atoms with E-state index >= 15 is 0 Å². The minimum Gasteiger partial charge on any atom is -0.317 e. The highest BCUT2D eigenvalue weighted by atomic mass is 19.2. The lowest BCUT2D eigenvalue weighted by Gasteiger charge is -2.06. The number of amides is 1. The fraction of sp³-hybridized carbons (Fsp3) is 0.118. The molecule has 0 saturated heterocycles. The lowest BCUT2D eigenvalue weighted by molar-refractivity contribution is -0.110. The number of hydrogen-bond acceptors (Lipinski definition) is 3. The Balaban J connectivity index is 1.70. The molecule has 4 nitrogen and oxygen atoms in total. The number of carbonyl (C=O) groups excluding carboxylic acids is 1. The first-order valence-electron chi connectivity index (χ1n) is 7.13. The lowest BCUT2D eigenvalue weighted by atomic mass is 10.1. The summed E-state index contributed by atoms with van der Waals surface area (Å²) in [4.78, 5) is 20.1. The van der Waals surface area contributed by atoms with E-state index in [1.165, 1.54) is 0 Å². The summed E-state index contributed by atoms with van der Waals surface area (Å²) >= 11 is 0. The molecule has 3 rings (SSSR count). The molecule has 1 amide bonds. The van der Waals surface area contributed by atoms with Crippen LogP contribution in [0.2, 0.25) is 0 Å². The summed E-state index contributed by atoms with van der Waals surface area (Å²) in [6, 6.07) is 10.6. The van der Waals surface area contributed by atoms with Gasteiger partial charge in [-0.15, -0.1) is 0 Å². The molecule has 24 heavy (non-hydrogen) atoms. The number of amidine groups is 1. The van der Waals surface area contributed by atoms with Gasteiger partial charge < -0.3 is 5.32 Å². The second-order valence-corrected chi connectivity index (χ2v) is 5.18. The van der Waals surface area contributed by atoms with E-state index in [1.807, 2.05) is 30.3 Å². The highest BCUT2D eigenvalue weighted by molar-refractivity contribution is 6.45. The van der Waals surface area contributed by atoms with Gasteiger partial charge in [0.25, 0.3) is 5.91 Å². The number of hydrogen-bond donors (Lipinski definition) is 1. The molecule has 1 N–H and O–H groups in total. The number of rotatable bonds is 4. The van der Waals surface area contributed by atoms with E-state index < -0.39 is 29.0 Å². The van der Waals surface area contributed by atoms with Crippen molar-refractivity contribution >= 4 is 23.1 Å². The topological polar surface area (TPSA) is 53.8 Å². The Bertz CT molecular complexity index is 848. The standard InChI is InChI=1S/C17H12F3N3O/c18-11-7-13(19)15(20)14(8-11)23-17(24)16-21-9-12(22-16)6-10-4-2-1-3-5-10/h1-5,7-8H,6,9H2,(H,23,24). The van der Waals surface area contributed by atoms with Crippen LogP contribution >= 0.6 is 0 Å². The highest BCUT2D eigenvalue weighted by Gasteiger charge is 2.20. The van der Waals surface area contributed by atoms with Gasteiger partial charge in [-0.3, -0.25) is 9.79 Å². The van der Waals surface area contributed by atoms with Crippen LogP contribution in [0, 0.1) is 17.5 Å². The summed E-state index contributed by atoms with van der Waals surface area (Å²) in [6.45, 7) is 0.248. The van der Waals surface area contributed by atoms with Crippen molar-refractivity contribution in [2.75, 3.05) is 11.9 Å². The molecule has 1 heterocycles. The van der Waals surface area contributed by atoms with E-state index in [0.717, 1.165) is 5.56 Å². The third kappa shape index (κ3) is 3.51. The zero-order valence-corrected chi connectivity index (χ0v) is 12.4. The first-order chi connectivity index (χ1) is 11.5. The molecule has 0 aliphatic carbocycles. The molecule has 0 bridgehead atoms. The van der Waals surface area contributed by atoms with E-state index in [1.54, 1.807) is 0 Å². The van der Waals surface area contributed by atoms with Gasteiger partial charge in [0.05, 0.1) is 12.2 Å². The van der Waals surface area contributed by atoms with Gasteiger partial charge in [0.15, 0.2) is 11.6 Å². The molecule has 0 atom stereocenters. The van der Waals surface area contributed by atoms with Gasteiger partial charge in [-0.2, -0.15) is 0 Å². The van der Waals surface area contributed by atoms with Crippen molar-refractivity contribution in [1.82, 2.24) is 0 Å². The molecule has 0 fully saturated rings. The van der Waals surface area contributed by atoms with Crippen LogP contribution in [0.4, 0.5) is 18.9 Å². The Morgan fingerprint density at radius 2 is 1.88 bits per heavy atom. The maximum Gasteiger partial charge on any atom is 0.293 e. The van der Waals surface area contributed by atoms with Gasteiger partial charge in [0.1, 0.15) is 5.82 Å². The van der Waals surface area contributed by atoms with Crippen LogP contribution < -0.4 is 5.32 Å². The summed E-state index contributed by atoms with van der Waals surface area (Å²) in [7, 11) is 0. The van der Waals surface area contributed by atoms with Crippen LogP contribution in [0.1, 0.15) is 5.56 Å². The predicted molar refractivity (Wildman–Crippen MR) is 84.8 cm³/mol. The SMILES string of the molecule is O=C(Nc1cc(F)cc(F)c1F)C1=NCC(Cc2ccccc2)=N1. The minimum atomic E-state index is -1.38. The molecule has 7 heteroatoms. The quantitative estimate of drug-likeness (QED) is 0.860. The van der Waals surface area contributed by atoms with Crippen molar-refractivity contribution in [3.8, 4) is 0 Å². The van der Waals surface area contributed by atoms with Crippen LogP contribution in [0.3, 0.4) is 0 Å². The van der Waals surface area contributed by atoms with Crippen molar-refractivity contribution in [2.45, 2.75) is 6.42 Å². The van der Waals surface area contributed by atoms with E-state index in [2.05, 4.69) is 15.3 Å². The summed E-state index contributed by atoms with van der Waals surface area (Å²) in [5.74, 6) is -4.68.